The first-order valence-electron chi connectivity index (χ1n) is 7.71. The van der Waals surface area contributed by atoms with Gasteiger partial charge in [0, 0.05) is 10.9 Å². The Balaban J connectivity index is 2.24. The Bertz CT molecular complexity index is 875. The normalized spacial score (nSPS) is 13.4. The van der Waals surface area contributed by atoms with Gasteiger partial charge in [0.2, 0.25) is 0 Å². The van der Waals surface area contributed by atoms with Crippen LogP contribution >= 0.6 is 11.3 Å². The predicted molar refractivity (Wildman–Crippen MR) is 86.5 cm³/mol. The molecule has 1 aromatic heterocycles. The molecule has 0 aliphatic carbocycles. The summed E-state index contributed by atoms with van der Waals surface area (Å²) in [6.07, 6.45) is -6.27. The molecule has 0 atom stereocenters. The molecule has 1 amide bonds. The second-order valence-electron chi connectivity index (χ2n) is 5.76. The number of nitrogens with zero attached hydrogens (tertiary/aromatic N) is 1. The van der Waals surface area contributed by atoms with Crippen molar-refractivity contribution >= 4 is 22.4 Å². The molecule has 0 saturated carbocycles. The van der Waals surface area contributed by atoms with Gasteiger partial charge >= 0.3 is 29.9 Å². The number of alkyl halides is 9. The van der Waals surface area contributed by atoms with Gasteiger partial charge in [-0.25, -0.2) is 4.98 Å². The highest BCUT2D eigenvalue weighted by Crippen LogP contribution is 2.53. The highest BCUT2D eigenvalue weighted by atomic mass is 32.1. The number of amides is 1. The van der Waals surface area contributed by atoms with E-state index in [4.69, 9.17) is 0 Å². The first kappa shape index (κ1) is 23.0. The summed E-state index contributed by atoms with van der Waals surface area (Å²) in [7, 11) is 0. The number of anilines is 1. The molecule has 0 aliphatic heterocycles. The van der Waals surface area contributed by atoms with Crippen molar-refractivity contribution in [2.24, 2.45) is 0 Å². The molecule has 2 aromatic rings. The van der Waals surface area contributed by atoms with Gasteiger partial charge in [-0.05, 0) is 12.0 Å². The minimum atomic E-state index is -7.14. The lowest BCUT2D eigenvalue weighted by Gasteiger charge is -2.32. The fraction of sp³-hybridized carbons (Fsp3) is 0.375. The van der Waals surface area contributed by atoms with Crippen LogP contribution in [0.15, 0.2) is 29.6 Å². The number of rotatable bonds is 6. The number of nitrogens with one attached hydrogen (secondary N) is 1. The van der Waals surface area contributed by atoms with E-state index in [0.29, 0.717) is 16.9 Å². The highest BCUT2D eigenvalue weighted by Gasteiger charge is 2.83. The summed E-state index contributed by atoms with van der Waals surface area (Å²) in [5, 5.41) is 1.72. The fourth-order valence-electron chi connectivity index (χ4n) is 2.07. The standard InChI is InChI=1S/C16H11F9N2OS/c1-2-8-3-5-9(6-4-8)10-7-29-12(26-10)27-11(28)13(17,18)14(19,20)15(21,22)16(23,24)25/h3-7H,2H2,1H3,(H,26,27,28). The fourth-order valence-corrected chi connectivity index (χ4v) is 2.78. The monoisotopic (exact) mass is 450 g/mol. The molecule has 3 nitrogen and oxygen atoms in total. The zero-order chi connectivity index (χ0) is 22.3. The van der Waals surface area contributed by atoms with E-state index in [1.54, 1.807) is 24.3 Å². The number of aryl methyl sites for hydroxylation is 1. The molecular weight excluding hydrogens is 439 g/mol. The minimum Gasteiger partial charge on any atom is -0.296 e. The summed E-state index contributed by atoms with van der Waals surface area (Å²) >= 11 is 0.491. The van der Waals surface area contributed by atoms with E-state index in [0.717, 1.165) is 17.3 Å². The molecule has 0 unspecified atom stereocenters. The van der Waals surface area contributed by atoms with Crippen LogP contribution in [0.5, 0.6) is 0 Å². The summed E-state index contributed by atoms with van der Waals surface area (Å²) in [6.45, 7) is 1.89. The maximum atomic E-state index is 13.6. The Hall–Kier alpha value is -2.31. The van der Waals surface area contributed by atoms with Crippen LogP contribution in [0.1, 0.15) is 12.5 Å². The van der Waals surface area contributed by atoms with Crippen LogP contribution in [0, 0.1) is 0 Å². The number of thiazole rings is 1. The predicted octanol–water partition coefficient (Wildman–Crippen LogP) is 5.78. The average molecular weight is 450 g/mol. The Kier molecular flexibility index (Phi) is 5.94. The van der Waals surface area contributed by atoms with E-state index in [9.17, 15) is 44.3 Å². The molecule has 0 radical (unpaired) electrons. The Morgan fingerprint density at radius 2 is 1.52 bits per heavy atom. The lowest BCUT2D eigenvalue weighted by Crippen LogP contribution is -2.64. The molecule has 1 heterocycles. The number of carbonyl (C=O) groups is 1. The van der Waals surface area contributed by atoms with Gasteiger partial charge in [0.1, 0.15) is 0 Å². The molecule has 1 N–H and O–H groups in total. The van der Waals surface area contributed by atoms with Crippen molar-refractivity contribution in [1.82, 2.24) is 4.98 Å². The van der Waals surface area contributed by atoms with E-state index < -0.39 is 35.0 Å². The lowest BCUT2D eigenvalue weighted by molar-refractivity contribution is -0.388. The van der Waals surface area contributed by atoms with Crippen molar-refractivity contribution < 1.29 is 44.3 Å². The SMILES string of the molecule is CCc1ccc(-c2csc(NC(=O)C(F)(F)C(F)(F)C(F)(F)C(F)(F)F)n2)cc1. The first-order chi connectivity index (χ1) is 13.1. The maximum absolute atomic E-state index is 13.6. The number of hydrogen-bond donors (Lipinski definition) is 1. The zero-order valence-corrected chi connectivity index (χ0v) is 15.1. The van der Waals surface area contributed by atoms with Gasteiger partial charge < -0.3 is 0 Å². The van der Waals surface area contributed by atoms with E-state index in [1.807, 2.05) is 6.92 Å². The summed E-state index contributed by atoms with van der Waals surface area (Å²) in [5.74, 6) is -23.6. The van der Waals surface area contributed by atoms with Gasteiger partial charge in [0.15, 0.2) is 5.13 Å². The van der Waals surface area contributed by atoms with Crippen LogP contribution in [0.25, 0.3) is 11.3 Å². The van der Waals surface area contributed by atoms with Gasteiger partial charge in [-0.15, -0.1) is 11.3 Å². The van der Waals surface area contributed by atoms with E-state index in [2.05, 4.69) is 4.98 Å². The summed E-state index contributed by atoms with van der Waals surface area (Å²) in [6, 6.07) is 6.65. The van der Waals surface area contributed by atoms with Crippen molar-refractivity contribution in [1.29, 1.82) is 0 Å². The second-order valence-corrected chi connectivity index (χ2v) is 6.62. The van der Waals surface area contributed by atoms with Crippen molar-refractivity contribution in [3.63, 3.8) is 0 Å². The van der Waals surface area contributed by atoms with Crippen molar-refractivity contribution in [2.45, 2.75) is 37.3 Å². The van der Waals surface area contributed by atoms with E-state index in [-0.39, 0.29) is 5.69 Å². The van der Waals surface area contributed by atoms with Crippen molar-refractivity contribution in [3.05, 3.63) is 35.2 Å². The quantitative estimate of drug-likeness (QED) is 0.567. The number of halogens is 9. The van der Waals surface area contributed by atoms with Crippen LogP contribution in [0.3, 0.4) is 0 Å². The summed E-state index contributed by atoms with van der Waals surface area (Å²) in [4.78, 5) is 15.1. The molecule has 0 saturated heterocycles. The molecule has 160 valence electrons. The Morgan fingerprint density at radius 3 is 2.00 bits per heavy atom. The lowest BCUT2D eigenvalue weighted by atomic mass is 10.0. The van der Waals surface area contributed by atoms with Crippen LogP contribution in [0.4, 0.5) is 44.6 Å². The molecule has 2 rings (SSSR count). The third-order valence-corrected chi connectivity index (χ3v) is 4.57. The second kappa shape index (κ2) is 7.50. The van der Waals surface area contributed by atoms with Gasteiger partial charge in [-0.2, -0.15) is 39.5 Å². The topological polar surface area (TPSA) is 42.0 Å². The highest BCUT2D eigenvalue weighted by molar-refractivity contribution is 7.14. The smallest absolute Gasteiger partial charge is 0.296 e. The van der Waals surface area contributed by atoms with Crippen LogP contribution in [0.2, 0.25) is 0 Å². The number of hydrogen-bond acceptors (Lipinski definition) is 3. The molecule has 0 fully saturated rings. The summed E-state index contributed by atoms with van der Waals surface area (Å²) in [5.41, 5.74) is 1.58. The minimum absolute atomic E-state index is 0.142. The molecule has 0 bridgehead atoms. The van der Waals surface area contributed by atoms with Crippen LogP contribution in [-0.2, 0) is 11.2 Å². The third-order valence-electron chi connectivity index (χ3n) is 3.81. The average Bonchev–Trinajstić information content (AvgIpc) is 3.08. The molecule has 13 heteroatoms. The van der Waals surface area contributed by atoms with Gasteiger partial charge in [-0.3, -0.25) is 10.1 Å². The van der Waals surface area contributed by atoms with E-state index in [1.165, 1.54) is 5.38 Å². The summed E-state index contributed by atoms with van der Waals surface area (Å²) < 4.78 is 116. The molecule has 0 spiro atoms. The first-order valence-corrected chi connectivity index (χ1v) is 8.59. The van der Waals surface area contributed by atoms with Crippen LogP contribution in [-0.4, -0.2) is 34.8 Å². The largest absolute Gasteiger partial charge is 0.460 e. The Morgan fingerprint density at radius 1 is 0.966 bits per heavy atom. The van der Waals surface area contributed by atoms with Gasteiger partial charge in [0.05, 0.1) is 5.69 Å². The van der Waals surface area contributed by atoms with Crippen molar-refractivity contribution in [3.8, 4) is 11.3 Å². The zero-order valence-electron chi connectivity index (χ0n) is 14.3. The number of carbonyl (C=O) groups excluding carboxylic acids is 1. The molecule has 0 aliphatic rings. The van der Waals surface area contributed by atoms with Gasteiger partial charge in [-0.1, -0.05) is 31.2 Å². The van der Waals surface area contributed by atoms with E-state index >= 15 is 0 Å². The maximum Gasteiger partial charge on any atom is 0.460 e. The third kappa shape index (κ3) is 4.05. The van der Waals surface area contributed by atoms with Crippen molar-refractivity contribution in [2.75, 3.05) is 5.32 Å². The number of aromatic nitrogens is 1. The van der Waals surface area contributed by atoms with Crippen LogP contribution < -0.4 is 5.32 Å². The van der Waals surface area contributed by atoms with Gasteiger partial charge in [0.25, 0.3) is 0 Å². The Labute approximate surface area is 161 Å². The number of benzene rings is 1. The molecule has 1 aromatic carbocycles. The molecular formula is C16H11F9N2OS. The molecule has 29 heavy (non-hydrogen) atoms.